The summed E-state index contributed by atoms with van der Waals surface area (Å²) in [4.78, 5) is 27.4. The van der Waals surface area contributed by atoms with Gasteiger partial charge in [0.15, 0.2) is 5.78 Å². The first-order valence-electron chi connectivity index (χ1n) is 11.9. The standard InChI is InChI=1S/C31H29NO4/c1-3-32(31(35)26-17-19-27(20-18-26)36-28-12-8-7-9-22(28)2)21-23-13-15-25(16-14-23)30(34)29(33)24-10-5-4-6-11-24/h4-20,30,34H,3,21H2,1-2H3. The average molecular weight is 480 g/mol. The number of para-hydroxylation sites is 1. The number of Topliss-reactive ketones (excluding diaryl/α,β-unsaturated/α-hetero) is 1. The van der Waals surface area contributed by atoms with Crippen LogP contribution in [0.15, 0.2) is 103 Å². The number of ether oxygens (including phenoxy) is 1. The molecule has 1 N–H and O–H groups in total. The number of aliphatic hydroxyl groups excluding tert-OH is 1. The van der Waals surface area contributed by atoms with Crippen molar-refractivity contribution < 1.29 is 19.4 Å². The first kappa shape index (κ1) is 24.9. The number of aliphatic hydroxyl groups is 1. The van der Waals surface area contributed by atoms with Crippen molar-refractivity contribution in [2.45, 2.75) is 26.5 Å². The molecule has 0 saturated heterocycles. The Labute approximate surface area is 211 Å². The number of nitrogens with zero attached hydrogens (tertiary/aromatic N) is 1. The number of carbonyl (C=O) groups excluding carboxylic acids is 2. The van der Waals surface area contributed by atoms with Crippen LogP contribution in [-0.2, 0) is 6.54 Å². The molecule has 0 heterocycles. The van der Waals surface area contributed by atoms with Crippen LogP contribution in [-0.4, -0.2) is 28.2 Å². The molecule has 0 bridgehead atoms. The van der Waals surface area contributed by atoms with Gasteiger partial charge in [-0.3, -0.25) is 9.59 Å². The van der Waals surface area contributed by atoms with Crippen molar-refractivity contribution in [2.75, 3.05) is 6.54 Å². The molecular formula is C31H29NO4. The predicted octanol–water partition coefficient (Wildman–Crippen LogP) is 6.37. The first-order chi connectivity index (χ1) is 17.5. The molecule has 4 aromatic rings. The minimum absolute atomic E-state index is 0.0803. The summed E-state index contributed by atoms with van der Waals surface area (Å²) in [5, 5.41) is 10.5. The predicted molar refractivity (Wildman–Crippen MR) is 140 cm³/mol. The van der Waals surface area contributed by atoms with Gasteiger partial charge < -0.3 is 14.7 Å². The van der Waals surface area contributed by atoms with Crippen molar-refractivity contribution in [1.29, 1.82) is 0 Å². The molecule has 5 nitrogen and oxygen atoms in total. The maximum absolute atomic E-state index is 13.1. The highest BCUT2D eigenvalue weighted by Gasteiger charge is 2.20. The van der Waals surface area contributed by atoms with Crippen molar-refractivity contribution in [3.8, 4) is 11.5 Å². The van der Waals surface area contributed by atoms with Crippen LogP contribution < -0.4 is 4.74 Å². The molecule has 0 saturated carbocycles. The van der Waals surface area contributed by atoms with E-state index in [1.165, 1.54) is 0 Å². The van der Waals surface area contributed by atoms with Crippen molar-refractivity contribution >= 4 is 11.7 Å². The van der Waals surface area contributed by atoms with E-state index in [9.17, 15) is 14.7 Å². The SMILES string of the molecule is CCN(Cc1ccc(C(O)C(=O)c2ccccc2)cc1)C(=O)c1ccc(Oc2ccccc2C)cc1. The van der Waals surface area contributed by atoms with Gasteiger partial charge in [-0.05, 0) is 60.9 Å². The highest BCUT2D eigenvalue weighted by Crippen LogP contribution is 2.25. The Hall–Kier alpha value is -4.22. The molecule has 36 heavy (non-hydrogen) atoms. The van der Waals surface area contributed by atoms with E-state index >= 15 is 0 Å². The number of hydrogen-bond donors (Lipinski definition) is 1. The van der Waals surface area contributed by atoms with Gasteiger partial charge in [-0.1, -0.05) is 72.8 Å². The van der Waals surface area contributed by atoms with Crippen LogP contribution >= 0.6 is 0 Å². The molecule has 0 aromatic heterocycles. The van der Waals surface area contributed by atoms with Crippen molar-refractivity contribution in [3.05, 3.63) is 131 Å². The fourth-order valence-corrected chi connectivity index (χ4v) is 3.91. The number of ketones is 1. The summed E-state index contributed by atoms with van der Waals surface area (Å²) >= 11 is 0. The summed E-state index contributed by atoms with van der Waals surface area (Å²) in [5.74, 6) is 1.03. The summed E-state index contributed by atoms with van der Waals surface area (Å²) in [6.07, 6.45) is -1.23. The van der Waals surface area contributed by atoms with Crippen molar-refractivity contribution in [2.24, 2.45) is 0 Å². The molecular weight excluding hydrogens is 450 g/mol. The van der Waals surface area contributed by atoms with Crippen LogP contribution in [0.1, 0.15) is 50.4 Å². The van der Waals surface area contributed by atoms with E-state index < -0.39 is 6.10 Å². The fraction of sp³-hybridized carbons (Fsp3) is 0.161. The van der Waals surface area contributed by atoms with E-state index in [0.29, 0.717) is 35.5 Å². The number of hydrogen-bond acceptors (Lipinski definition) is 4. The van der Waals surface area contributed by atoms with E-state index in [0.717, 1.165) is 16.9 Å². The van der Waals surface area contributed by atoms with Crippen LogP contribution in [0.4, 0.5) is 0 Å². The molecule has 0 spiro atoms. The van der Waals surface area contributed by atoms with Gasteiger partial charge in [-0.2, -0.15) is 0 Å². The Morgan fingerprint density at radius 3 is 2.08 bits per heavy atom. The van der Waals surface area contributed by atoms with Crippen LogP contribution in [0.3, 0.4) is 0 Å². The number of aryl methyl sites for hydroxylation is 1. The number of amides is 1. The quantitative estimate of drug-likeness (QED) is 0.284. The number of rotatable bonds is 9. The Bertz CT molecular complexity index is 1320. The molecule has 1 atom stereocenters. The third kappa shape index (κ3) is 5.88. The largest absolute Gasteiger partial charge is 0.457 e. The normalized spacial score (nSPS) is 11.5. The van der Waals surface area contributed by atoms with E-state index in [1.54, 1.807) is 65.6 Å². The van der Waals surface area contributed by atoms with Gasteiger partial charge in [0.1, 0.15) is 17.6 Å². The molecule has 4 aromatic carbocycles. The highest BCUT2D eigenvalue weighted by molar-refractivity contribution is 5.99. The zero-order chi connectivity index (χ0) is 25.5. The third-order valence-corrected chi connectivity index (χ3v) is 6.07. The van der Waals surface area contributed by atoms with Crippen molar-refractivity contribution in [3.63, 3.8) is 0 Å². The van der Waals surface area contributed by atoms with Crippen LogP contribution in [0.25, 0.3) is 0 Å². The topological polar surface area (TPSA) is 66.8 Å². The van der Waals surface area contributed by atoms with Crippen LogP contribution in [0.2, 0.25) is 0 Å². The molecule has 5 heteroatoms. The minimum atomic E-state index is -1.23. The van der Waals surface area contributed by atoms with Gasteiger partial charge in [0.25, 0.3) is 5.91 Å². The second-order valence-electron chi connectivity index (χ2n) is 8.59. The highest BCUT2D eigenvalue weighted by atomic mass is 16.5. The molecule has 0 aliphatic heterocycles. The van der Waals surface area contributed by atoms with Gasteiger partial charge in [-0.25, -0.2) is 0 Å². The maximum Gasteiger partial charge on any atom is 0.254 e. The zero-order valence-corrected chi connectivity index (χ0v) is 20.4. The van der Waals surface area contributed by atoms with E-state index in [1.807, 2.05) is 56.3 Å². The Morgan fingerprint density at radius 1 is 0.806 bits per heavy atom. The van der Waals surface area contributed by atoms with Gasteiger partial charge in [-0.15, -0.1) is 0 Å². The lowest BCUT2D eigenvalue weighted by atomic mass is 9.99. The lowest BCUT2D eigenvalue weighted by molar-refractivity contribution is 0.0746. The Morgan fingerprint density at radius 2 is 1.44 bits per heavy atom. The zero-order valence-electron chi connectivity index (χ0n) is 20.4. The molecule has 1 unspecified atom stereocenters. The molecule has 182 valence electrons. The molecule has 0 aliphatic rings. The third-order valence-electron chi connectivity index (χ3n) is 6.07. The second kappa shape index (κ2) is 11.5. The summed E-state index contributed by atoms with van der Waals surface area (Å²) in [6.45, 7) is 4.88. The van der Waals surface area contributed by atoms with E-state index in [2.05, 4.69) is 0 Å². The Kier molecular flexibility index (Phi) is 7.93. The molecule has 0 aliphatic carbocycles. The van der Waals surface area contributed by atoms with Gasteiger partial charge in [0, 0.05) is 24.2 Å². The average Bonchev–Trinajstić information content (AvgIpc) is 2.93. The lowest BCUT2D eigenvalue weighted by Gasteiger charge is -2.21. The van der Waals surface area contributed by atoms with Gasteiger partial charge in [0.05, 0.1) is 0 Å². The minimum Gasteiger partial charge on any atom is -0.457 e. The van der Waals surface area contributed by atoms with E-state index in [-0.39, 0.29) is 11.7 Å². The van der Waals surface area contributed by atoms with Crippen LogP contribution in [0, 0.1) is 6.92 Å². The smallest absolute Gasteiger partial charge is 0.254 e. The van der Waals surface area contributed by atoms with E-state index in [4.69, 9.17) is 4.74 Å². The number of benzene rings is 4. The summed E-state index contributed by atoms with van der Waals surface area (Å²) in [5.41, 5.74) is 3.51. The second-order valence-corrected chi connectivity index (χ2v) is 8.59. The Balaban J connectivity index is 1.40. The monoisotopic (exact) mass is 479 g/mol. The number of carbonyl (C=O) groups is 2. The van der Waals surface area contributed by atoms with Gasteiger partial charge >= 0.3 is 0 Å². The fourth-order valence-electron chi connectivity index (χ4n) is 3.91. The summed E-state index contributed by atoms with van der Waals surface area (Å²) in [6, 6.07) is 30.8. The lowest BCUT2D eigenvalue weighted by Crippen LogP contribution is -2.30. The summed E-state index contributed by atoms with van der Waals surface area (Å²) in [7, 11) is 0. The first-order valence-corrected chi connectivity index (χ1v) is 11.9. The van der Waals surface area contributed by atoms with Gasteiger partial charge in [0.2, 0.25) is 0 Å². The van der Waals surface area contributed by atoms with Crippen LogP contribution in [0.5, 0.6) is 11.5 Å². The molecule has 0 radical (unpaired) electrons. The molecule has 1 amide bonds. The molecule has 0 fully saturated rings. The summed E-state index contributed by atoms with van der Waals surface area (Å²) < 4.78 is 5.93. The molecule has 4 rings (SSSR count). The van der Waals surface area contributed by atoms with Crippen molar-refractivity contribution in [1.82, 2.24) is 4.90 Å². The maximum atomic E-state index is 13.1.